The first-order chi connectivity index (χ1) is 13.0. The minimum Gasteiger partial charge on any atom is -0.404 e. The summed E-state index contributed by atoms with van der Waals surface area (Å²) in [5, 5.41) is 10.9. The van der Waals surface area contributed by atoms with Gasteiger partial charge in [0.25, 0.3) is 0 Å². The van der Waals surface area contributed by atoms with E-state index in [9.17, 15) is 26.4 Å². The zero-order valence-electron chi connectivity index (χ0n) is 14.4. The molecule has 0 unspecified atom stereocenters. The van der Waals surface area contributed by atoms with Crippen molar-refractivity contribution in [2.24, 2.45) is 0 Å². The highest BCUT2D eigenvalue weighted by molar-refractivity contribution is 7.89. The van der Waals surface area contributed by atoms with E-state index >= 15 is 0 Å². The molecular formula is C17H14F3N3O4S. The Hall–Kier alpha value is -3.10. The number of nitrogens with zero attached hydrogens (tertiary/aromatic N) is 2. The maximum Gasteiger partial charge on any atom is 0.573 e. The summed E-state index contributed by atoms with van der Waals surface area (Å²) >= 11 is 0. The molecule has 0 spiro atoms. The van der Waals surface area contributed by atoms with Gasteiger partial charge in [0, 0.05) is 7.05 Å². The molecule has 28 heavy (non-hydrogen) atoms. The molecule has 0 heterocycles. The highest BCUT2D eigenvalue weighted by atomic mass is 32.2. The number of para-hydroxylation sites is 2. The van der Waals surface area contributed by atoms with E-state index in [0.717, 1.165) is 17.4 Å². The third-order valence-corrected chi connectivity index (χ3v) is 5.26. The van der Waals surface area contributed by atoms with Gasteiger partial charge in [0.1, 0.15) is 0 Å². The van der Waals surface area contributed by atoms with Gasteiger partial charge in [-0.05, 0) is 36.4 Å². The molecule has 0 fully saturated rings. The van der Waals surface area contributed by atoms with Crippen LogP contribution >= 0.6 is 0 Å². The molecule has 11 heteroatoms. The molecule has 2 aromatic rings. The number of carbonyl (C=O) groups is 1. The molecule has 2 rings (SSSR count). The monoisotopic (exact) mass is 413 g/mol. The molecular weight excluding hydrogens is 399 g/mol. The standard InChI is InChI=1S/C17H14F3N3O4S/c1-23(28(25,26)13-8-6-12(10-21)7-9-13)11-16(24)22-14-4-2-3-5-15(14)27-17(18,19)20/h2-9H,11H2,1H3,(H,22,24). The summed E-state index contributed by atoms with van der Waals surface area (Å²) in [5.41, 5.74) is 0.00890. The fourth-order valence-electron chi connectivity index (χ4n) is 2.14. The van der Waals surface area contributed by atoms with Crippen LogP contribution in [0.15, 0.2) is 53.4 Å². The molecule has 0 aliphatic carbocycles. The van der Waals surface area contributed by atoms with Crippen molar-refractivity contribution in [3.05, 3.63) is 54.1 Å². The van der Waals surface area contributed by atoms with Crippen molar-refractivity contribution in [3.63, 3.8) is 0 Å². The summed E-state index contributed by atoms with van der Waals surface area (Å²) in [6.07, 6.45) is -4.95. The molecule has 148 valence electrons. The maximum atomic E-state index is 12.5. The van der Waals surface area contributed by atoms with Crippen molar-refractivity contribution < 1.29 is 31.1 Å². The predicted molar refractivity (Wildman–Crippen MR) is 92.7 cm³/mol. The number of amides is 1. The number of likely N-dealkylation sites (N-methyl/N-ethyl adjacent to an activating group) is 1. The zero-order chi connectivity index (χ0) is 20.9. The van der Waals surface area contributed by atoms with E-state index in [1.807, 2.05) is 6.07 Å². The molecule has 0 aromatic heterocycles. The van der Waals surface area contributed by atoms with Crippen LogP contribution in [-0.4, -0.2) is 38.6 Å². The van der Waals surface area contributed by atoms with Gasteiger partial charge in [-0.15, -0.1) is 13.2 Å². The van der Waals surface area contributed by atoms with Crippen LogP contribution in [0.3, 0.4) is 0 Å². The van der Waals surface area contributed by atoms with E-state index in [2.05, 4.69) is 10.1 Å². The lowest BCUT2D eigenvalue weighted by Crippen LogP contribution is -2.35. The molecule has 1 N–H and O–H groups in total. The Morgan fingerprint density at radius 2 is 1.79 bits per heavy atom. The number of halogens is 3. The number of benzene rings is 2. The molecule has 0 radical (unpaired) electrons. The van der Waals surface area contributed by atoms with E-state index < -0.39 is 34.6 Å². The van der Waals surface area contributed by atoms with E-state index in [0.29, 0.717) is 0 Å². The average molecular weight is 413 g/mol. The first-order valence-corrected chi connectivity index (χ1v) is 9.08. The molecule has 0 saturated carbocycles. The van der Waals surface area contributed by atoms with Gasteiger partial charge in [-0.3, -0.25) is 4.79 Å². The van der Waals surface area contributed by atoms with Gasteiger partial charge in [-0.1, -0.05) is 12.1 Å². The first kappa shape index (κ1) is 21.2. The number of rotatable bonds is 6. The van der Waals surface area contributed by atoms with E-state index in [-0.39, 0.29) is 16.1 Å². The Morgan fingerprint density at radius 3 is 2.36 bits per heavy atom. The summed E-state index contributed by atoms with van der Waals surface area (Å²) in [4.78, 5) is 12.0. The van der Waals surface area contributed by atoms with Crippen molar-refractivity contribution in [3.8, 4) is 11.8 Å². The van der Waals surface area contributed by atoms with Gasteiger partial charge in [0.15, 0.2) is 5.75 Å². The largest absolute Gasteiger partial charge is 0.573 e. The zero-order valence-corrected chi connectivity index (χ0v) is 15.2. The highest BCUT2D eigenvalue weighted by Gasteiger charge is 2.32. The number of carbonyl (C=O) groups excluding carboxylic acids is 1. The topological polar surface area (TPSA) is 99.5 Å². The summed E-state index contributed by atoms with van der Waals surface area (Å²) < 4.78 is 66.8. The van der Waals surface area contributed by atoms with Gasteiger partial charge in [0.05, 0.1) is 28.8 Å². The summed E-state index contributed by atoms with van der Waals surface area (Å²) in [6, 6.07) is 11.8. The van der Waals surface area contributed by atoms with E-state index in [1.165, 1.54) is 42.5 Å². The molecule has 0 bridgehead atoms. The Balaban J connectivity index is 2.11. The quantitative estimate of drug-likeness (QED) is 0.785. The molecule has 1 amide bonds. The second kappa shape index (κ2) is 8.28. The Labute approximate surface area is 159 Å². The Kier molecular flexibility index (Phi) is 6.27. The minimum absolute atomic E-state index is 0.136. The number of nitriles is 1. The number of alkyl halides is 3. The second-order valence-corrected chi connectivity index (χ2v) is 7.53. The number of nitrogens with one attached hydrogen (secondary N) is 1. The normalized spacial score (nSPS) is 11.7. The van der Waals surface area contributed by atoms with Crippen LogP contribution < -0.4 is 10.1 Å². The number of sulfonamides is 1. The molecule has 2 aromatic carbocycles. The van der Waals surface area contributed by atoms with Crippen molar-refractivity contribution in [1.29, 1.82) is 5.26 Å². The molecule has 0 aliphatic rings. The number of hydrogen-bond acceptors (Lipinski definition) is 5. The second-order valence-electron chi connectivity index (χ2n) is 5.49. The van der Waals surface area contributed by atoms with Gasteiger partial charge < -0.3 is 10.1 Å². The number of hydrogen-bond donors (Lipinski definition) is 1. The fraction of sp³-hybridized carbons (Fsp3) is 0.176. The van der Waals surface area contributed by atoms with Crippen molar-refractivity contribution in [2.75, 3.05) is 18.9 Å². The van der Waals surface area contributed by atoms with Gasteiger partial charge in [0.2, 0.25) is 15.9 Å². The van der Waals surface area contributed by atoms with Crippen LogP contribution in [0.2, 0.25) is 0 Å². The lowest BCUT2D eigenvalue weighted by molar-refractivity contribution is -0.274. The molecule has 7 nitrogen and oxygen atoms in total. The highest BCUT2D eigenvalue weighted by Crippen LogP contribution is 2.29. The first-order valence-electron chi connectivity index (χ1n) is 7.64. The smallest absolute Gasteiger partial charge is 0.404 e. The molecule has 0 aliphatic heterocycles. The van der Waals surface area contributed by atoms with Crippen LogP contribution in [0.25, 0.3) is 0 Å². The van der Waals surface area contributed by atoms with Crippen LogP contribution in [0.4, 0.5) is 18.9 Å². The van der Waals surface area contributed by atoms with E-state index in [1.54, 1.807) is 0 Å². The van der Waals surface area contributed by atoms with E-state index in [4.69, 9.17) is 5.26 Å². The minimum atomic E-state index is -4.95. The summed E-state index contributed by atoms with van der Waals surface area (Å²) in [6.45, 7) is -0.650. The third kappa shape index (κ3) is 5.45. The van der Waals surface area contributed by atoms with Crippen LogP contribution in [0.1, 0.15) is 5.56 Å². The fourth-order valence-corrected chi connectivity index (χ4v) is 3.27. The average Bonchev–Trinajstić information content (AvgIpc) is 2.62. The van der Waals surface area contributed by atoms with Crippen molar-refractivity contribution in [1.82, 2.24) is 4.31 Å². The lowest BCUT2D eigenvalue weighted by atomic mass is 10.2. The SMILES string of the molecule is CN(CC(=O)Nc1ccccc1OC(F)(F)F)S(=O)(=O)c1ccc(C#N)cc1. The van der Waals surface area contributed by atoms with Gasteiger partial charge in [-0.2, -0.15) is 9.57 Å². The van der Waals surface area contributed by atoms with Crippen molar-refractivity contribution >= 4 is 21.6 Å². The van der Waals surface area contributed by atoms with Crippen LogP contribution in [-0.2, 0) is 14.8 Å². The van der Waals surface area contributed by atoms with Gasteiger partial charge in [-0.25, -0.2) is 8.42 Å². The number of anilines is 1. The maximum absolute atomic E-state index is 12.5. The molecule has 0 saturated heterocycles. The third-order valence-electron chi connectivity index (χ3n) is 3.44. The summed E-state index contributed by atoms with van der Waals surface area (Å²) in [7, 11) is -2.89. The Bertz CT molecular complexity index is 1000. The number of ether oxygens (including phenoxy) is 1. The Morgan fingerprint density at radius 1 is 1.18 bits per heavy atom. The van der Waals surface area contributed by atoms with Crippen LogP contribution in [0.5, 0.6) is 5.75 Å². The van der Waals surface area contributed by atoms with Gasteiger partial charge >= 0.3 is 6.36 Å². The van der Waals surface area contributed by atoms with Crippen molar-refractivity contribution in [2.45, 2.75) is 11.3 Å². The molecule has 0 atom stereocenters. The predicted octanol–water partition coefficient (Wildman–Crippen LogP) is 2.72. The summed E-state index contributed by atoms with van der Waals surface area (Å²) in [5.74, 6) is -1.49. The van der Waals surface area contributed by atoms with Crippen LogP contribution in [0, 0.1) is 11.3 Å². The lowest BCUT2D eigenvalue weighted by Gasteiger charge is -2.18.